The number of aromatic nitrogens is 1. The number of hydrogen-bond acceptors (Lipinski definition) is 3. The lowest BCUT2D eigenvalue weighted by molar-refractivity contribution is -0.139. The molecule has 2 aromatic rings. The van der Waals surface area contributed by atoms with Gasteiger partial charge in [-0.3, -0.25) is 9.88 Å². The first-order valence-corrected chi connectivity index (χ1v) is 9.34. The van der Waals surface area contributed by atoms with E-state index in [0.29, 0.717) is 19.2 Å². The van der Waals surface area contributed by atoms with Gasteiger partial charge < -0.3 is 10.2 Å². The van der Waals surface area contributed by atoms with Crippen molar-refractivity contribution in [3.05, 3.63) is 59.7 Å². The van der Waals surface area contributed by atoms with Crippen molar-refractivity contribution in [2.75, 3.05) is 25.0 Å². The highest BCUT2D eigenvalue weighted by atomic mass is 19.4. The van der Waals surface area contributed by atoms with E-state index in [1.807, 2.05) is 12.1 Å². The summed E-state index contributed by atoms with van der Waals surface area (Å²) in [6, 6.07) is 5.99. The SMILES string of the molecule is CCN(C(=O)Nc1cccc(C(F)(F)F)c1F)C1CCN(Cc2ccncc2)C1. The zero-order valence-corrected chi connectivity index (χ0v) is 15.9. The third-order valence-electron chi connectivity index (χ3n) is 4.99. The lowest BCUT2D eigenvalue weighted by Crippen LogP contribution is -2.44. The maximum absolute atomic E-state index is 14.2. The Bertz CT molecular complexity index is 844. The lowest BCUT2D eigenvalue weighted by atomic mass is 10.1. The van der Waals surface area contributed by atoms with E-state index in [1.54, 1.807) is 19.3 Å². The molecular weight excluding hydrogens is 388 g/mol. The molecule has 0 radical (unpaired) electrons. The van der Waals surface area contributed by atoms with Crippen molar-refractivity contribution >= 4 is 11.7 Å². The summed E-state index contributed by atoms with van der Waals surface area (Å²) in [5.74, 6) is -1.48. The van der Waals surface area contributed by atoms with Gasteiger partial charge in [-0.1, -0.05) is 6.07 Å². The van der Waals surface area contributed by atoms with E-state index in [2.05, 4.69) is 15.2 Å². The summed E-state index contributed by atoms with van der Waals surface area (Å²) >= 11 is 0. The number of pyridine rings is 1. The number of anilines is 1. The topological polar surface area (TPSA) is 48.5 Å². The minimum atomic E-state index is -4.83. The number of amides is 2. The number of likely N-dealkylation sites (N-methyl/N-ethyl adjacent to an activating group) is 1. The number of likely N-dealkylation sites (tertiary alicyclic amines) is 1. The minimum Gasteiger partial charge on any atom is -0.320 e. The van der Waals surface area contributed by atoms with Gasteiger partial charge in [0.15, 0.2) is 5.82 Å². The van der Waals surface area contributed by atoms with Crippen molar-refractivity contribution in [1.82, 2.24) is 14.8 Å². The molecule has 29 heavy (non-hydrogen) atoms. The molecule has 1 aromatic carbocycles. The van der Waals surface area contributed by atoms with E-state index < -0.39 is 29.3 Å². The number of alkyl halides is 3. The molecule has 3 rings (SSSR count). The fourth-order valence-electron chi connectivity index (χ4n) is 3.56. The molecule has 156 valence electrons. The van der Waals surface area contributed by atoms with Gasteiger partial charge in [0.05, 0.1) is 11.3 Å². The molecule has 1 aliphatic rings. The number of carbonyl (C=O) groups is 1. The molecule has 9 heteroatoms. The predicted molar refractivity (Wildman–Crippen MR) is 101 cm³/mol. The van der Waals surface area contributed by atoms with Gasteiger partial charge in [0.25, 0.3) is 0 Å². The summed E-state index contributed by atoms with van der Waals surface area (Å²) in [4.78, 5) is 20.4. The van der Waals surface area contributed by atoms with Crippen LogP contribution in [0.4, 0.5) is 28.0 Å². The van der Waals surface area contributed by atoms with Crippen LogP contribution in [0, 0.1) is 5.82 Å². The molecule has 1 aromatic heterocycles. The van der Waals surface area contributed by atoms with E-state index in [9.17, 15) is 22.4 Å². The number of nitrogens with zero attached hydrogens (tertiary/aromatic N) is 3. The third-order valence-corrected chi connectivity index (χ3v) is 4.99. The standard InChI is InChI=1S/C20H22F4N4O/c1-2-28(15-8-11-27(13-15)12-14-6-9-25-10-7-14)19(29)26-17-5-3-4-16(18(17)21)20(22,23)24/h3-7,9-10,15H,2,8,11-13H2,1H3,(H,26,29). The number of hydrogen-bond donors (Lipinski definition) is 1. The summed E-state index contributed by atoms with van der Waals surface area (Å²) < 4.78 is 52.9. The van der Waals surface area contributed by atoms with Crippen molar-refractivity contribution in [2.45, 2.75) is 32.1 Å². The van der Waals surface area contributed by atoms with E-state index in [0.717, 1.165) is 37.2 Å². The highest BCUT2D eigenvalue weighted by Crippen LogP contribution is 2.34. The van der Waals surface area contributed by atoms with Gasteiger partial charge in [-0.25, -0.2) is 9.18 Å². The summed E-state index contributed by atoms with van der Waals surface area (Å²) in [6.07, 6.45) is -0.651. The van der Waals surface area contributed by atoms with Gasteiger partial charge in [0.2, 0.25) is 0 Å². The first kappa shape index (κ1) is 21.0. The Labute approximate surface area is 166 Å². The summed E-state index contributed by atoms with van der Waals surface area (Å²) in [5, 5.41) is 2.30. The maximum atomic E-state index is 14.2. The fourth-order valence-corrected chi connectivity index (χ4v) is 3.56. The average molecular weight is 410 g/mol. The normalized spacial score (nSPS) is 17.3. The second-order valence-corrected chi connectivity index (χ2v) is 6.91. The second-order valence-electron chi connectivity index (χ2n) is 6.91. The molecule has 1 fully saturated rings. The molecule has 0 spiro atoms. The Morgan fingerprint density at radius 1 is 1.28 bits per heavy atom. The van der Waals surface area contributed by atoms with Gasteiger partial charge in [-0.2, -0.15) is 13.2 Å². The third kappa shape index (κ3) is 5.03. The molecule has 0 saturated carbocycles. The number of urea groups is 1. The highest BCUT2D eigenvalue weighted by Gasteiger charge is 2.36. The predicted octanol–water partition coefficient (Wildman–Crippen LogP) is 4.37. The summed E-state index contributed by atoms with van der Waals surface area (Å²) in [6.45, 7) is 4.29. The van der Waals surface area contributed by atoms with Crippen molar-refractivity contribution in [1.29, 1.82) is 0 Å². The summed E-state index contributed by atoms with van der Waals surface area (Å²) in [7, 11) is 0. The monoisotopic (exact) mass is 410 g/mol. The largest absolute Gasteiger partial charge is 0.419 e. The van der Waals surface area contributed by atoms with Crippen LogP contribution in [0.3, 0.4) is 0 Å². The van der Waals surface area contributed by atoms with Crippen LogP contribution in [-0.2, 0) is 12.7 Å². The Hall–Kier alpha value is -2.68. The maximum Gasteiger partial charge on any atom is 0.419 e. The first-order chi connectivity index (χ1) is 13.8. The van der Waals surface area contributed by atoms with Gasteiger partial charge in [0.1, 0.15) is 0 Å². The van der Waals surface area contributed by atoms with E-state index >= 15 is 0 Å². The van der Waals surface area contributed by atoms with Crippen molar-refractivity contribution in [3.63, 3.8) is 0 Å². The molecule has 2 heterocycles. The van der Waals surface area contributed by atoms with Gasteiger partial charge in [-0.15, -0.1) is 0 Å². The van der Waals surface area contributed by atoms with Crippen LogP contribution >= 0.6 is 0 Å². The van der Waals surface area contributed by atoms with Crippen molar-refractivity contribution in [2.24, 2.45) is 0 Å². The Morgan fingerprint density at radius 2 is 2.00 bits per heavy atom. The molecule has 2 amide bonds. The van der Waals surface area contributed by atoms with Crippen LogP contribution in [0.5, 0.6) is 0 Å². The lowest BCUT2D eigenvalue weighted by Gasteiger charge is -2.28. The van der Waals surface area contributed by atoms with Gasteiger partial charge in [-0.05, 0) is 43.2 Å². The number of halogens is 4. The van der Waals surface area contributed by atoms with E-state index in [-0.39, 0.29) is 6.04 Å². The number of carbonyl (C=O) groups excluding carboxylic acids is 1. The summed E-state index contributed by atoms with van der Waals surface area (Å²) in [5.41, 5.74) is -0.767. The van der Waals surface area contributed by atoms with E-state index in [1.165, 1.54) is 4.90 Å². The number of nitrogens with one attached hydrogen (secondary N) is 1. The van der Waals surface area contributed by atoms with Crippen LogP contribution in [-0.4, -0.2) is 46.5 Å². The number of benzene rings is 1. The molecule has 1 N–H and O–H groups in total. The zero-order chi connectivity index (χ0) is 21.0. The Morgan fingerprint density at radius 3 is 2.66 bits per heavy atom. The van der Waals surface area contributed by atoms with Crippen LogP contribution in [0.25, 0.3) is 0 Å². The molecule has 1 unspecified atom stereocenters. The zero-order valence-electron chi connectivity index (χ0n) is 15.9. The molecule has 0 aliphatic carbocycles. The van der Waals surface area contributed by atoms with E-state index in [4.69, 9.17) is 0 Å². The molecule has 0 bridgehead atoms. The molecule has 5 nitrogen and oxygen atoms in total. The Balaban J connectivity index is 1.66. The highest BCUT2D eigenvalue weighted by molar-refractivity contribution is 5.89. The van der Waals surface area contributed by atoms with Crippen LogP contribution in [0.15, 0.2) is 42.7 Å². The average Bonchev–Trinajstić information content (AvgIpc) is 3.12. The smallest absolute Gasteiger partial charge is 0.320 e. The minimum absolute atomic E-state index is 0.101. The van der Waals surface area contributed by atoms with Crippen molar-refractivity contribution in [3.8, 4) is 0 Å². The molecule has 1 saturated heterocycles. The Kier molecular flexibility index (Phi) is 6.36. The molecular formula is C20H22F4N4O. The van der Waals surface area contributed by atoms with Gasteiger partial charge >= 0.3 is 12.2 Å². The quantitative estimate of drug-likeness (QED) is 0.745. The fraction of sp³-hybridized carbons (Fsp3) is 0.400. The first-order valence-electron chi connectivity index (χ1n) is 9.34. The van der Waals surface area contributed by atoms with Gasteiger partial charge in [0, 0.05) is 44.6 Å². The molecule has 1 atom stereocenters. The number of rotatable bonds is 5. The van der Waals surface area contributed by atoms with Crippen LogP contribution in [0.1, 0.15) is 24.5 Å². The van der Waals surface area contributed by atoms with Crippen LogP contribution in [0.2, 0.25) is 0 Å². The molecule has 1 aliphatic heterocycles. The van der Waals surface area contributed by atoms with Crippen molar-refractivity contribution < 1.29 is 22.4 Å². The second kappa shape index (κ2) is 8.77. The van der Waals surface area contributed by atoms with Crippen LogP contribution < -0.4 is 5.32 Å².